The summed E-state index contributed by atoms with van der Waals surface area (Å²) in [6.45, 7) is 2.34. The molecule has 1 aliphatic carbocycles. The highest BCUT2D eigenvalue weighted by Crippen LogP contribution is 2.27. The van der Waals surface area contributed by atoms with Gasteiger partial charge in [0.05, 0.1) is 17.1 Å². The van der Waals surface area contributed by atoms with Gasteiger partial charge in [-0.2, -0.15) is 0 Å². The Morgan fingerprint density at radius 3 is 2.70 bits per heavy atom. The normalized spacial score (nSPS) is 15.3. The highest BCUT2D eigenvalue weighted by atomic mass is 79.9. The third kappa shape index (κ3) is 3.58. The van der Waals surface area contributed by atoms with Crippen molar-refractivity contribution in [2.24, 2.45) is 5.73 Å². The Morgan fingerprint density at radius 2 is 2.10 bits per heavy atom. The molecule has 1 saturated carbocycles. The summed E-state index contributed by atoms with van der Waals surface area (Å²) < 4.78 is 0.819. The van der Waals surface area contributed by atoms with E-state index in [1.807, 2.05) is 30.0 Å². The van der Waals surface area contributed by atoms with Gasteiger partial charge < -0.3 is 10.6 Å². The molecule has 20 heavy (non-hydrogen) atoms. The van der Waals surface area contributed by atoms with Crippen LogP contribution >= 0.6 is 28.1 Å². The van der Waals surface area contributed by atoms with Crippen LogP contribution in [-0.2, 0) is 0 Å². The van der Waals surface area contributed by atoms with Gasteiger partial charge in [0.15, 0.2) is 0 Å². The standard InChI is InChI=1S/C15H19BrN2OS/c1-10-6-7-13(16)12(8-10)15(19)18(9-14(17)20)11-4-2-3-5-11/h6-8,11H,2-5,9H2,1H3,(H2,17,20). The van der Waals surface area contributed by atoms with Crippen molar-refractivity contribution in [3.8, 4) is 0 Å². The first-order valence-electron chi connectivity index (χ1n) is 6.84. The SMILES string of the molecule is Cc1ccc(Br)c(C(=O)N(CC(N)=S)C2CCCC2)c1. The number of hydrogen-bond donors (Lipinski definition) is 1. The van der Waals surface area contributed by atoms with E-state index >= 15 is 0 Å². The molecule has 0 heterocycles. The Kier molecular flexibility index (Phi) is 5.16. The summed E-state index contributed by atoms with van der Waals surface area (Å²) in [6, 6.07) is 6.06. The van der Waals surface area contributed by atoms with E-state index in [0.29, 0.717) is 17.1 Å². The minimum Gasteiger partial charge on any atom is -0.392 e. The van der Waals surface area contributed by atoms with Gasteiger partial charge in [-0.1, -0.05) is 36.7 Å². The van der Waals surface area contributed by atoms with Gasteiger partial charge in [0.25, 0.3) is 5.91 Å². The van der Waals surface area contributed by atoms with Crippen LogP contribution in [0.5, 0.6) is 0 Å². The summed E-state index contributed by atoms with van der Waals surface area (Å²) in [4.78, 5) is 15.0. The second-order valence-electron chi connectivity index (χ2n) is 5.32. The summed E-state index contributed by atoms with van der Waals surface area (Å²) in [7, 11) is 0. The smallest absolute Gasteiger partial charge is 0.255 e. The Balaban J connectivity index is 2.29. The maximum atomic E-state index is 12.8. The maximum absolute atomic E-state index is 12.8. The predicted octanol–water partition coefficient (Wildman–Crippen LogP) is 3.43. The molecule has 3 nitrogen and oxygen atoms in total. The topological polar surface area (TPSA) is 46.3 Å². The van der Waals surface area contributed by atoms with Crippen LogP contribution in [0.15, 0.2) is 22.7 Å². The number of carbonyl (C=O) groups excluding carboxylic acids is 1. The molecule has 108 valence electrons. The number of hydrogen-bond acceptors (Lipinski definition) is 2. The van der Waals surface area contributed by atoms with Gasteiger partial charge in [0.1, 0.15) is 0 Å². The second kappa shape index (κ2) is 6.68. The van der Waals surface area contributed by atoms with Crippen LogP contribution in [0.25, 0.3) is 0 Å². The molecule has 1 amide bonds. The van der Waals surface area contributed by atoms with Gasteiger partial charge in [-0.3, -0.25) is 4.79 Å². The average Bonchev–Trinajstić information content (AvgIpc) is 2.91. The number of aryl methyl sites for hydroxylation is 1. The van der Waals surface area contributed by atoms with Crippen molar-refractivity contribution in [3.05, 3.63) is 33.8 Å². The number of benzene rings is 1. The summed E-state index contributed by atoms with van der Waals surface area (Å²) in [5.41, 5.74) is 7.43. The second-order valence-corrected chi connectivity index (χ2v) is 6.70. The van der Waals surface area contributed by atoms with Crippen LogP contribution in [0.3, 0.4) is 0 Å². The van der Waals surface area contributed by atoms with Crippen LogP contribution in [0.4, 0.5) is 0 Å². The third-order valence-electron chi connectivity index (χ3n) is 3.70. The molecule has 0 aliphatic heterocycles. The van der Waals surface area contributed by atoms with E-state index in [2.05, 4.69) is 15.9 Å². The highest BCUT2D eigenvalue weighted by Gasteiger charge is 2.28. The zero-order chi connectivity index (χ0) is 14.7. The molecule has 0 radical (unpaired) electrons. The number of rotatable bonds is 4. The molecule has 1 aliphatic rings. The lowest BCUT2D eigenvalue weighted by Gasteiger charge is -2.29. The van der Waals surface area contributed by atoms with E-state index in [1.54, 1.807) is 0 Å². The number of halogens is 1. The fourth-order valence-corrected chi connectivity index (χ4v) is 3.26. The van der Waals surface area contributed by atoms with Gasteiger partial charge in [-0.15, -0.1) is 0 Å². The first-order valence-corrected chi connectivity index (χ1v) is 8.04. The van der Waals surface area contributed by atoms with Crippen LogP contribution in [0, 0.1) is 6.92 Å². The Morgan fingerprint density at radius 1 is 1.45 bits per heavy atom. The number of thiocarbonyl (C=S) groups is 1. The Bertz CT molecular complexity index is 527. The lowest BCUT2D eigenvalue weighted by atomic mass is 10.1. The maximum Gasteiger partial charge on any atom is 0.255 e. The monoisotopic (exact) mass is 354 g/mol. The van der Waals surface area contributed by atoms with E-state index in [-0.39, 0.29) is 11.9 Å². The minimum absolute atomic E-state index is 0.0141. The van der Waals surface area contributed by atoms with Crippen LogP contribution in [0.2, 0.25) is 0 Å². The quantitative estimate of drug-likeness (QED) is 0.842. The molecule has 1 aromatic carbocycles. The van der Waals surface area contributed by atoms with Gasteiger partial charge in [0.2, 0.25) is 0 Å². The first-order chi connectivity index (χ1) is 9.49. The van der Waals surface area contributed by atoms with Crippen molar-refractivity contribution >= 4 is 39.0 Å². The zero-order valence-corrected chi connectivity index (χ0v) is 14.0. The molecular weight excluding hydrogens is 336 g/mol. The number of nitrogens with two attached hydrogens (primary N) is 1. The molecule has 0 aromatic heterocycles. The van der Waals surface area contributed by atoms with Crippen molar-refractivity contribution in [3.63, 3.8) is 0 Å². The average molecular weight is 355 g/mol. The fourth-order valence-electron chi connectivity index (χ4n) is 2.71. The predicted molar refractivity (Wildman–Crippen MR) is 89.0 cm³/mol. The van der Waals surface area contributed by atoms with Gasteiger partial charge >= 0.3 is 0 Å². The molecule has 0 saturated heterocycles. The molecule has 2 rings (SSSR count). The molecule has 0 spiro atoms. The van der Waals surface area contributed by atoms with Crippen molar-refractivity contribution in [2.75, 3.05) is 6.54 Å². The lowest BCUT2D eigenvalue weighted by molar-refractivity contribution is 0.0713. The number of nitrogens with zero attached hydrogens (tertiary/aromatic N) is 1. The minimum atomic E-state index is 0.0141. The lowest BCUT2D eigenvalue weighted by Crippen LogP contribution is -2.43. The van der Waals surface area contributed by atoms with E-state index in [9.17, 15) is 4.79 Å². The van der Waals surface area contributed by atoms with Crippen LogP contribution < -0.4 is 5.73 Å². The zero-order valence-electron chi connectivity index (χ0n) is 11.6. The summed E-state index contributed by atoms with van der Waals surface area (Å²) >= 11 is 8.47. The molecule has 0 atom stereocenters. The third-order valence-corrected chi connectivity index (χ3v) is 4.53. The largest absolute Gasteiger partial charge is 0.392 e. The van der Waals surface area contributed by atoms with E-state index in [0.717, 1.165) is 22.9 Å². The van der Waals surface area contributed by atoms with Crippen molar-refractivity contribution in [1.82, 2.24) is 4.90 Å². The Labute approximate surface area is 133 Å². The molecule has 5 heteroatoms. The molecular formula is C15H19BrN2OS. The fraction of sp³-hybridized carbons (Fsp3) is 0.467. The van der Waals surface area contributed by atoms with Crippen LogP contribution in [-0.4, -0.2) is 28.4 Å². The van der Waals surface area contributed by atoms with E-state index in [1.165, 1.54) is 12.8 Å². The molecule has 0 bridgehead atoms. The van der Waals surface area contributed by atoms with Gasteiger partial charge in [0, 0.05) is 10.5 Å². The summed E-state index contributed by atoms with van der Waals surface area (Å²) in [5, 5.41) is 0. The molecule has 0 unspecified atom stereocenters. The van der Waals surface area contributed by atoms with Crippen molar-refractivity contribution < 1.29 is 4.79 Å². The molecule has 2 N–H and O–H groups in total. The van der Waals surface area contributed by atoms with Gasteiger partial charge in [-0.25, -0.2) is 0 Å². The van der Waals surface area contributed by atoms with Crippen LogP contribution in [0.1, 0.15) is 41.6 Å². The Hall–Kier alpha value is -0.940. The molecule has 1 aromatic rings. The summed E-state index contributed by atoms with van der Waals surface area (Å²) in [5.74, 6) is 0.0141. The van der Waals surface area contributed by atoms with E-state index in [4.69, 9.17) is 18.0 Å². The summed E-state index contributed by atoms with van der Waals surface area (Å²) in [6.07, 6.45) is 4.41. The molecule has 1 fully saturated rings. The first kappa shape index (κ1) is 15.4. The van der Waals surface area contributed by atoms with Gasteiger partial charge in [-0.05, 0) is 47.8 Å². The van der Waals surface area contributed by atoms with Crippen molar-refractivity contribution in [2.45, 2.75) is 38.6 Å². The number of carbonyl (C=O) groups is 1. The van der Waals surface area contributed by atoms with Crippen molar-refractivity contribution in [1.29, 1.82) is 0 Å². The highest BCUT2D eigenvalue weighted by molar-refractivity contribution is 9.10. The number of amides is 1. The van der Waals surface area contributed by atoms with E-state index < -0.39 is 0 Å².